The lowest BCUT2D eigenvalue weighted by Crippen LogP contribution is -2.18. The van der Waals surface area contributed by atoms with Crippen molar-refractivity contribution < 1.29 is 4.74 Å². The summed E-state index contributed by atoms with van der Waals surface area (Å²) in [4.78, 5) is 11.2. The molecule has 0 aliphatic heterocycles. The Hall–Kier alpha value is -2.10. The van der Waals surface area contributed by atoms with E-state index in [0.717, 1.165) is 17.0 Å². The largest absolute Gasteiger partial charge is 0.497 e. The molecular weight excluding hydrogens is 228 g/mol. The van der Waals surface area contributed by atoms with Crippen molar-refractivity contribution in [3.63, 3.8) is 0 Å². The molecule has 0 aliphatic rings. The van der Waals surface area contributed by atoms with Gasteiger partial charge in [0.05, 0.1) is 12.8 Å². The van der Waals surface area contributed by atoms with Gasteiger partial charge in [0.25, 0.3) is 5.56 Å². The molecule has 0 saturated carbocycles. The van der Waals surface area contributed by atoms with Gasteiger partial charge in [-0.3, -0.25) is 4.79 Å². The van der Waals surface area contributed by atoms with E-state index in [9.17, 15) is 4.79 Å². The molecule has 0 aliphatic carbocycles. The maximum atomic E-state index is 11.2. The zero-order valence-electron chi connectivity index (χ0n) is 11.2. The highest BCUT2D eigenvalue weighted by Crippen LogP contribution is 2.10. The normalized spacial score (nSPS) is 13.1. The van der Waals surface area contributed by atoms with Crippen LogP contribution in [0.3, 0.4) is 0 Å². The number of rotatable bonds is 4. The van der Waals surface area contributed by atoms with Gasteiger partial charge in [-0.15, -0.1) is 0 Å². The molecule has 0 bridgehead atoms. The van der Waals surface area contributed by atoms with Crippen LogP contribution < -0.4 is 5.56 Å². The average molecular weight is 246 g/mol. The van der Waals surface area contributed by atoms with E-state index in [4.69, 9.17) is 4.74 Å². The third kappa shape index (κ3) is 3.73. The van der Waals surface area contributed by atoms with Crippen molar-refractivity contribution in [1.82, 2.24) is 9.78 Å². The number of hydrogen-bond donors (Lipinski definition) is 0. The first-order chi connectivity index (χ1) is 8.58. The first-order valence-corrected chi connectivity index (χ1v) is 5.68. The maximum absolute atomic E-state index is 11.2. The zero-order valence-corrected chi connectivity index (χ0v) is 11.2. The molecule has 4 nitrogen and oxygen atoms in total. The van der Waals surface area contributed by atoms with Gasteiger partial charge in [0.15, 0.2) is 0 Å². The molecule has 0 spiro atoms. The van der Waals surface area contributed by atoms with E-state index in [1.54, 1.807) is 20.2 Å². The minimum absolute atomic E-state index is 0.117. The van der Waals surface area contributed by atoms with Crippen molar-refractivity contribution in [3.8, 4) is 0 Å². The smallest absolute Gasteiger partial charge is 0.266 e. The Morgan fingerprint density at radius 1 is 1.39 bits per heavy atom. The van der Waals surface area contributed by atoms with Crippen LogP contribution in [0.4, 0.5) is 0 Å². The second-order valence-electron chi connectivity index (χ2n) is 3.80. The molecule has 96 valence electrons. The molecule has 1 heterocycles. The highest BCUT2D eigenvalue weighted by molar-refractivity contribution is 5.61. The molecule has 1 aromatic rings. The fourth-order valence-electron chi connectivity index (χ4n) is 1.36. The van der Waals surface area contributed by atoms with Crippen LogP contribution in [0.2, 0.25) is 0 Å². The molecular formula is C14H18N2O2. The SMILES string of the molecule is C\C=C/C(=C\C=C(/C)c1ccc(=O)n(C)n1)OC. The summed E-state index contributed by atoms with van der Waals surface area (Å²) in [6.45, 7) is 3.87. The predicted octanol–water partition coefficient (Wildman–Crippen LogP) is 2.29. The molecule has 0 aromatic carbocycles. The topological polar surface area (TPSA) is 44.1 Å². The molecule has 1 aromatic heterocycles. The minimum Gasteiger partial charge on any atom is -0.497 e. The molecule has 0 unspecified atom stereocenters. The van der Waals surface area contributed by atoms with Crippen molar-refractivity contribution in [2.45, 2.75) is 13.8 Å². The fourth-order valence-corrected chi connectivity index (χ4v) is 1.36. The van der Waals surface area contributed by atoms with Crippen LogP contribution in [0, 0.1) is 0 Å². The quantitative estimate of drug-likeness (QED) is 0.605. The summed E-state index contributed by atoms with van der Waals surface area (Å²) in [5, 5.41) is 4.17. The lowest BCUT2D eigenvalue weighted by atomic mass is 10.2. The summed E-state index contributed by atoms with van der Waals surface area (Å²) in [5.41, 5.74) is 1.61. The van der Waals surface area contributed by atoms with Crippen LogP contribution in [0.15, 0.2) is 47.0 Å². The summed E-state index contributed by atoms with van der Waals surface area (Å²) in [7, 11) is 3.26. The van der Waals surface area contributed by atoms with Gasteiger partial charge < -0.3 is 4.74 Å². The monoisotopic (exact) mass is 246 g/mol. The van der Waals surface area contributed by atoms with Gasteiger partial charge in [-0.05, 0) is 37.6 Å². The van der Waals surface area contributed by atoms with Crippen LogP contribution in [0.1, 0.15) is 19.5 Å². The zero-order chi connectivity index (χ0) is 13.5. The molecule has 1 rings (SSSR count). The lowest BCUT2D eigenvalue weighted by Gasteiger charge is -2.02. The molecule has 0 atom stereocenters. The van der Waals surface area contributed by atoms with Crippen molar-refractivity contribution in [1.29, 1.82) is 0 Å². The Morgan fingerprint density at radius 2 is 2.11 bits per heavy atom. The standard InChI is InChI=1S/C14H18N2O2/c1-5-6-12(18-4)8-7-11(2)13-9-10-14(17)16(3)15-13/h5-10H,1-4H3/b6-5-,11-7+,12-8+. The molecule has 0 fully saturated rings. The van der Waals surface area contributed by atoms with Gasteiger partial charge >= 0.3 is 0 Å². The van der Waals surface area contributed by atoms with E-state index in [2.05, 4.69) is 5.10 Å². The third-order valence-electron chi connectivity index (χ3n) is 2.43. The van der Waals surface area contributed by atoms with Gasteiger partial charge in [-0.1, -0.05) is 12.2 Å². The third-order valence-corrected chi connectivity index (χ3v) is 2.43. The van der Waals surface area contributed by atoms with Crippen LogP contribution in [-0.4, -0.2) is 16.9 Å². The number of ether oxygens (including phenoxy) is 1. The van der Waals surface area contributed by atoms with Crippen LogP contribution in [0.5, 0.6) is 0 Å². The minimum atomic E-state index is -0.117. The summed E-state index contributed by atoms with van der Waals surface area (Å²) in [6, 6.07) is 3.22. The van der Waals surface area contributed by atoms with E-state index < -0.39 is 0 Å². The molecule has 0 amide bonds. The van der Waals surface area contributed by atoms with E-state index in [1.807, 2.05) is 38.2 Å². The highest BCUT2D eigenvalue weighted by Gasteiger charge is 1.98. The summed E-state index contributed by atoms with van der Waals surface area (Å²) in [6.07, 6.45) is 7.55. The lowest BCUT2D eigenvalue weighted by molar-refractivity contribution is 0.307. The molecule has 0 radical (unpaired) electrons. The van der Waals surface area contributed by atoms with Crippen molar-refractivity contribution >= 4 is 5.57 Å². The van der Waals surface area contributed by atoms with E-state index >= 15 is 0 Å². The van der Waals surface area contributed by atoms with E-state index in [0.29, 0.717) is 0 Å². The predicted molar refractivity (Wildman–Crippen MR) is 73.0 cm³/mol. The van der Waals surface area contributed by atoms with Crippen LogP contribution >= 0.6 is 0 Å². The van der Waals surface area contributed by atoms with Gasteiger partial charge in [0.1, 0.15) is 5.76 Å². The first kappa shape index (κ1) is 14.0. The first-order valence-electron chi connectivity index (χ1n) is 5.68. The molecule has 18 heavy (non-hydrogen) atoms. The Bertz CT molecular complexity index is 551. The van der Waals surface area contributed by atoms with Crippen LogP contribution in [0.25, 0.3) is 5.57 Å². The van der Waals surface area contributed by atoms with Gasteiger partial charge in [0, 0.05) is 13.1 Å². The number of aryl methyl sites for hydroxylation is 1. The van der Waals surface area contributed by atoms with Crippen LogP contribution in [-0.2, 0) is 11.8 Å². The Kier molecular flexibility index (Phi) is 5.11. The average Bonchev–Trinajstić information content (AvgIpc) is 2.37. The molecule has 0 saturated heterocycles. The Labute approximate surface area is 107 Å². The van der Waals surface area contributed by atoms with E-state index in [1.165, 1.54) is 10.7 Å². The molecule has 4 heteroatoms. The Morgan fingerprint density at radius 3 is 2.67 bits per heavy atom. The number of hydrogen-bond acceptors (Lipinski definition) is 3. The second-order valence-corrected chi connectivity index (χ2v) is 3.80. The fraction of sp³-hybridized carbons (Fsp3) is 0.286. The maximum Gasteiger partial charge on any atom is 0.266 e. The van der Waals surface area contributed by atoms with Gasteiger partial charge in [0.2, 0.25) is 0 Å². The van der Waals surface area contributed by atoms with Crippen molar-refractivity contribution in [3.05, 3.63) is 58.2 Å². The summed E-state index contributed by atoms with van der Waals surface area (Å²) in [5.74, 6) is 0.765. The number of methoxy groups -OCH3 is 1. The van der Waals surface area contributed by atoms with Gasteiger partial charge in [-0.25, -0.2) is 4.68 Å². The van der Waals surface area contributed by atoms with Crippen molar-refractivity contribution in [2.75, 3.05) is 7.11 Å². The van der Waals surface area contributed by atoms with Crippen molar-refractivity contribution in [2.24, 2.45) is 7.05 Å². The summed E-state index contributed by atoms with van der Waals surface area (Å²) >= 11 is 0. The second kappa shape index (κ2) is 6.59. The number of allylic oxidation sites excluding steroid dienone is 5. The summed E-state index contributed by atoms with van der Waals surface area (Å²) < 4.78 is 6.49. The van der Waals surface area contributed by atoms with E-state index in [-0.39, 0.29) is 5.56 Å². The highest BCUT2D eigenvalue weighted by atomic mass is 16.5. The van der Waals surface area contributed by atoms with Gasteiger partial charge in [-0.2, -0.15) is 5.10 Å². The number of aromatic nitrogens is 2. The Balaban J connectivity index is 3.02. The number of nitrogens with zero attached hydrogens (tertiary/aromatic N) is 2. The molecule has 0 N–H and O–H groups in total.